The van der Waals surface area contributed by atoms with Gasteiger partial charge in [0.05, 0.1) is 17.9 Å². The number of ether oxygens (including phenoxy) is 1. The summed E-state index contributed by atoms with van der Waals surface area (Å²) in [5.74, 6) is -0.663. The van der Waals surface area contributed by atoms with Crippen molar-refractivity contribution in [1.82, 2.24) is 10.3 Å². The van der Waals surface area contributed by atoms with Gasteiger partial charge >= 0.3 is 12.1 Å². The molecule has 0 atom stereocenters. The molecular weight excluding hydrogens is 439 g/mol. The molecular formula is C25H27FN4O4. The highest BCUT2D eigenvalue weighted by atomic mass is 19.1. The van der Waals surface area contributed by atoms with E-state index in [1.54, 1.807) is 63.4 Å². The lowest BCUT2D eigenvalue weighted by Crippen LogP contribution is -2.29. The zero-order chi connectivity index (χ0) is 24.9. The smallest absolute Gasteiger partial charge is 0.412 e. The van der Waals surface area contributed by atoms with E-state index < -0.39 is 23.5 Å². The quantitative estimate of drug-likeness (QED) is 0.419. The summed E-state index contributed by atoms with van der Waals surface area (Å²) in [4.78, 5) is 27.8. The summed E-state index contributed by atoms with van der Waals surface area (Å²) in [7, 11) is 0. The van der Waals surface area contributed by atoms with Gasteiger partial charge in [-0.25, -0.2) is 14.0 Å². The van der Waals surface area contributed by atoms with Crippen LogP contribution in [0.4, 0.5) is 19.7 Å². The molecule has 0 saturated carbocycles. The van der Waals surface area contributed by atoms with Crippen LogP contribution in [0.1, 0.15) is 37.6 Å². The predicted octanol–water partition coefficient (Wildman–Crippen LogP) is 4.70. The number of nitrogens with one attached hydrogen (secondary N) is 2. The lowest BCUT2D eigenvalue weighted by Gasteiger charge is -2.21. The average molecular weight is 467 g/mol. The molecule has 178 valence electrons. The summed E-state index contributed by atoms with van der Waals surface area (Å²) >= 11 is 0. The maximum Gasteiger partial charge on any atom is 0.412 e. The molecule has 34 heavy (non-hydrogen) atoms. The topological polar surface area (TPSA) is 127 Å². The number of carbonyl (C=O) groups excluding carboxylic acids is 2. The van der Waals surface area contributed by atoms with Crippen LogP contribution in [0, 0.1) is 5.82 Å². The van der Waals surface area contributed by atoms with Crippen molar-refractivity contribution < 1.29 is 23.8 Å². The monoisotopic (exact) mass is 466 g/mol. The molecule has 9 heteroatoms. The van der Waals surface area contributed by atoms with Crippen LogP contribution in [0.3, 0.4) is 0 Å². The first-order valence-electron chi connectivity index (χ1n) is 10.6. The third-order valence-corrected chi connectivity index (χ3v) is 4.85. The molecule has 5 N–H and O–H groups in total. The lowest BCUT2D eigenvalue weighted by molar-refractivity contribution is 0.0635. The molecule has 0 unspecified atom stereocenters. The van der Waals surface area contributed by atoms with E-state index in [1.165, 1.54) is 12.1 Å². The average Bonchev–Trinajstić information content (AvgIpc) is 2.75. The maximum absolute atomic E-state index is 15.8. The Morgan fingerprint density at radius 1 is 1.09 bits per heavy atom. The fourth-order valence-corrected chi connectivity index (χ4v) is 3.40. The molecule has 0 radical (unpaired) electrons. The van der Waals surface area contributed by atoms with Crippen molar-refractivity contribution in [3.63, 3.8) is 0 Å². The van der Waals surface area contributed by atoms with E-state index in [1.807, 2.05) is 0 Å². The molecule has 3 rings (SSSR count). The number of hydrogen-bond acceptors (Lipinski definition) is 5. The Morgan fingerprint density at radius 3 is 2.50 bits per heavy atom. The second kappa shape index (κ2) is 10.2. The van der Waals surface area contributed by atoms with Gasteiger partial charge in [-0.05, 0) is 50.1 Å². The van der Waals surface area contributed by atoms with Crippen molar-refractivity contribution in [1.29, 1.82) is 0 Å². The molecule has 0 spiro atoms. The number of para-hydroxylation sites is 1. The molecule has 0 aliphatic carbocycles. The minimum atomic E-state index is -0.791. The summed E-state index contributed by atoms with van der Waals surface area (Å²) in [6.07, 6.45) is 0.800. The normalized spacial score (nSPS) is 11.1. The van der Waals surface area contributed by atoms with Crippen LogP contribution in [0.2, 0.25) is 0 Å². The first-order valence-corrected chi connectivity index (χ1v) is 10.6. The SMILES string of the molecule is CC(C)(C)OC(=O)Nc1ccc(-c2cccnc2CNC(N)=O)c(Cc2ccccc2O)c1F. The molecule has 0 bridgehead atoms. The number of nitrogens with two attached hydrogens (primary N) is 1. The number of phenolic OH excluding ortho intramolecular Hbond substituents is 1. The first kappa shape index (κ1) is 24.5. The number of carbonyl (C=O) groups is 2. The van der Waals surface area contributed by atoms with Crippen LogP contribution in [0.15, 0.2) is 54.7 Å². The number of nitrogens with zero attached hydrogens (tertiary/aromatic N) is 1. The van der Waals surface area contributed by atoms with E-state index in [0.29, 0.717) is 22.4 Å². The Morgan fingerprint density at radius 2 is 1.82 bits per heavy atom. The van der Waals surface area contributed by atoms with E-state index in [9.17, 15) is 14.7 Å². The second-order valence-electron chi connectivity index (χ2n) is 8.60. The van der Waals surface area contributed by atoms with Crippen LogP contribution in [0.5, 0.6) is 5.75 Å². The zero-order valence-electron chi connectivity index (χ0n) is 19.2. The zero-order valence-corrected chi connectivity index (χ0v) is 19.2. The summed E-state index contributed by atoms with van der Waals surface area (Å²) in [6.45, 7) is 5.17. The summed E-state index contributed by atoms with van der Waals surface area (Å²) in [5, 5.41) is 15.2. The minimum absolute atomic E-state index is 0.0140. The van der Waals surface area contributed by atoms with Crippen molar-refractivity contribution in [2.75, 3.05) is 5.32 Å². The van der Waals surface area contributed by atoms with Gasteiger partial charge in [0.25, 0.3) is 0 Å². The second-order valence-corrected chi connectivity index (χ2v) is 8.60. The summed E-state index contributed by atoms with van der Waals surface area (Å²) in [5.41, 5.74) is 6.64. The molecule has 3 amide bonds. The highest BCUT2D eigenvalue weighted by molar-refractivity contribution is 5.86. The predicted molar refractivity (Wildman–Crippen MR) is 127 cm³/mol. The van der Waals surface area contributed by atoms with E-state index in [4.69, 9.17) is 10.5 Å². The van der Waals surface area contributed by atoms with Gasteiger partial charge in [0.15, 0.2) is 5.82 Å². The number of halogens is 1. The number of aromatic hydroxyl groups is 1. The van der Waals surface area contributed by atoms with Crippen molar-refractivity contribution in [2.24, 2.45) is 5.73 Å². The van der Waals surface area contributed by atoms with E-state index in [0.717, 1.165) is 0 Å². The van der Waals surface area contributed by atoms with Gasteiger partial charge in [0, 0.05) is 23.7 Å². The molecule has 1 aromatic heterocycles. The maximum atomic E-state index is 15.8. The largest absolute Gasteiger partial charge is 0.508 e. The Balaban J connectivity index is 2.10. The standard InChI is InChI=1S/C25H27FN4O4/c1-25(2,3)34-24(33)30-19-11-10-16(17-8-6-12-28-20(17)14-29-23(27)32)18(22(19)26)13-15-7-4-5-9-21(15)31/h4-12,31H,13-14H2,1-3H3,(H,30,33)(H3,27,29,32). The summed E-state index contributed by atoms with van der Waals surface area (Å²) in [6, 6.07) is 12.4. The lowest BCUT2D eigenvalue weighted by atomic mass is 9.92. The van der Waals surface area contributed by atoms with Crippen LogP contribution < -0.4 is 16.4 Å². The minimum Gasteiger partial charge on any atom is -0.508 e. The highest BCUT2D eigenvalue weighted by Crippen LogP contribution is 2.34. The van der Waals surface area contributed by atoms with E-state index in [2.05, 4.69) is 15.6 Å². The van der Waals surface area contributed by atoms with Crippen LogP contribution in [-0.4, -0.2) is 27.8 Å². The van der Waals surface area contributed by atoms with Gasteiger partial charge in [0.2, 0.25) is 0 Å². The number of hydrogen-bond donors (Lipinski definition) is 4. The Bertz CT molecular complexity index is 1210. The summed E-state index contributed by atoms with van der Waals surface area (Å²) < 4.78 is 21.1. The van der Waals surface area contributed by atoms with Crippen molar-refractivity contribution in [3.05, 3.63) is 77.4 Å². The van der Waals surface area contributed by atoms with Crippen LogP contribution in [-0.2, 0) is 17.7 Å². The molecule has 0 aliphatic rings. The number of urea groups is 1. The van der Waals surface area contributed by atoms with Crippen molar-refractivity contribution >= 4 is 17.8 Å². The van der Waals surface area contributed by atoms with Crippen LogP contribution >= 0.6 is 0 Å². The van der Waals surface area contributed by atoms with Crippen LogP contribution in [0.25, 0.3) is 11.1 Å². The van der Waals surface area contributed by atoms with Crippen molar-refractivity contribution in [2.45, 2.75) is 39.3 Å². The number of phenols is 1. The molecule has 2 aromatic carbocycles. The molecule has 0 fully saturated rings. The Labute approximate surface area is 197 Å². The molecule has 0 aliphatic heterocycles. The number of benzene rings is 2. The fourth-order valence-electron chi connectivity index (χ4n) is 3.40. The van der Waals surface area contributed by atoms with Gasteiger partial charge < -0.3 is 20.9 Å². The Hall–Kier alpha value is -4.14. The number of amides is 3. The first-order chi connectivity index (χ1) is 16.0. The third-order valence-electron chi connectivity index (χ3n) is 4.85. The van der Waals surface area contributed by atoms with Gasteiger partial charge in [0.1, 0.15) is 11.4 Å². The molecule has 8 nitrogen and oxygen atoms in total. The highest BCUT2D eigenvalue weighted by Gasteiger charge is 2.22. The number of primary amides is 1. The molecule has 3 aromatic rings. The molecule has 0 saturated heterocycles. The van der Waals surface area contributed by atoms with Gasteiger partial charge in [-0.2, -0.15) is 0 Å². The van der Waals surface area contributed by atoms with E-state index >= 15 is 4.39 Å². The van der Waals surface area contributed by atoms with Crippen molar-refractivity contribution in [3.8, 4) is 16.9 Å². The van der Waals surface area contributed by atoms with E-state index in [-0.39, 0.29) is 30.0 Å². The number of anilines is 1. The number of pyridine rings is 1. The third kappa shape index (κ3) is 6.22. The van der Waals surface area contributed by atoms with Gasteiger partial charge in [-0.1, -0.05) is 30.3 Å². The number of aromatic nitrogens is 1. The van der Waals surface area contributed by atoms with Gasteiger partial charge in [-0.15, -0.1) is 0 Å². The molecule has 1 heterocycles. The number of rotatable bonds is 6. The Kier molecular flexibility index (Phi) is 7.35. The van der Waals surface area contributed by atoms with Gasteiger partial charge in [-0.3, -0.25) is 10.3 Å². The fraction of sp³-hybridized carbons (Fsp3) is 0.240.